The number of esters is 1. The Morgan fingerprint density at radius 1 is 1.28 bits per heavy atom. The second kappa shape index (κ2) is 9.61. The van der Waals surface area contributed by atoms with Crippen molar-refractivity contribution in [3.63, 3.8) is 0 Å². The first-order valence-electron chi connectivity index (χ1n) is 8.25. The van der Waals surface area contributed by atoms with Crippen LogP contribution in [-0.4, -0.2) is 57.0 Å². The number of aromatic nitrogens is 1. The van der Waals surface area contributed by atoms with Gasteiger partial charge in [-0.05, 0) is 0 Å². The van der Waals surface area contributed by atoms with Gasteiger partial charge >= 0.3 is 35.5 Å². The molecule has 10 nitrogen and oxygen atoms in total. The minimum atomic E-state index is -1.54. The molecule has 2 aliphatic rings. The number of pyridine rings is 1. The third kappa shape index (κ3) is 5.10. The van der Waals surface area contributed by atoms with E-state index in [9.17, 15) is 29.1 Å². The van der Waals surface area contributed by atoms with Crippen molar-refractivity contribution in [2.24, 2.45) is 0 Å². The Morgan fingerprint density at radius 2 is 1.93 bits per heavy atom. The topological polar surface area (TPSA) is 138 Å². The van der Waals surface area contributed by atoms with Crippen LogP contribution in [0.15, 0.2) is 40.6 Å². The Kier molecular flexibility index (Phi) is 7.69. The van der Waals surface area contributed by atoms with Gasteiger partial charge in [0.25, 0.3) is 5.91 Å². The number of carboxylic acid groups (broad SMARTS) is 1. The molecular weight excluding hydrogens is 413 g/mol. The average molecular weight is 429 g/mol. The summed E-state index contributed by atoms with van der Waals surface area (Å²) in [6.07, 6.45) is 2.90. The second-order valence-electron chi connectivity index (χ2n) is 6.18. The summed E-state index contributed by atoms with van der Waals surface area (Å²) in [4.78, 5) is 59.2. The molecule has 2 aliphatic heterocycles. The van der Waals surface area contributed by atoms with Crippen LogP contribution in [0.25, 0.3) is 0 Å². The van der Waals surface area contributed by atoms with E-state index in [1.165, 1.54) is 47.8 Å². The Morgan fingerprint density at radius 3 is 2.52 bits per heavy atom. The maximum atomic E-state index is 12.4. The van der Waals surface area contributed by atoms with Crippen molar-refractivity contribution in [2.75, 3.05) is 12.4 Å². The quantitative estimate of drug-likeness (QED) is 0.269. The van der Waals surface area contributed by atoms with Gasteiger partial charge in [-0.2, -0.15) is 0 Å². The number of β-lactam (4-membered cyclic amide) rings is 1. The Labute approximate surface area is 191 Å². The largest absolute Gasteiger partial charge is 1.00 e. The number of hydrogen-bond acceptors (Lipinski definition) is 8. The molecule has 148 valence electrons. The fourth-order valence-electron chi connectivity index (χ4n) is 2.91. The maximum Gasteiger partial charge on any atom is 1.00 e. The van der Waals surface area contributed by atoms with Crippen molar-refractivity contribution in [2.45, 2.75) is 24.9 Å². The number of carboxylic acids is 1. The number of hydrogen-bond donors (Lipinski definition) is 1. The van der Waals surface area contributed by atoms with Crippen LogP contribution in [-0.2, 0) is 30.5 Å². The summed E-state index contributed by atoms with van der Waals surface area (Å²) in [7, 11) is 0. The van der Waals surface area contributed by atoms with Crippen LogP contribution in [0.5, 0.6) is 0 Å². The first kappa shape index (κ1) is 23.2. The van der Waals surface area contributed by atoms with Crippen LogP contribution in [0.3, 0.4) is 0 Å². The number of amides is 2. The summed E-state index contributed by atoms with van der Waals surface area (Å²) in [5, 5.41) is 13.5. The van der Waals surface area contributed by atoms with Gasteiger partial charge in [-0.1, -0.05) is 0 Å². The summed E-state index contributed by atoms with van der Waals surface area (Å²) >= 11 is 1.26. The Hall–Kier alpha value is -2.08. The van der Waals surface area contributed by atoms with E-state index in [4.69, 9.17) is 4.74 Å². The van der Waals surface area contributed by atoms with Gasteiger partial charge in [0.2, 0.25) is 5.91 Å². The predicted octanol–water partition coefficient (Wildman–Crippen LogP) is -5.18. The molecule has 12 heteroatoms. The molecule has 0 aromatic carbocycles. The second-order valence-corrected chi connectivity index (χ2v) is 7.29. The third-order valence-electron chi connectivity index (χ3n) is 4.19. The average Bonchev–Trinajstić information content (AvgIpc) is 2.65. The molecular formula is C17H16N3NaO7S. The van der Waals surface area contributed by atoms with Crippen molar-refractivity contribution < 1.29 is 58.6 Å². The molecule has 0 unspecified atom stereocenters. The van der Waals surface area contributed by atoms with E-state index in [0.29, 0.717) is 0 Å². The molecule has 0 spiro atoms. The van der Waals surface area contributed by atoms with Gasteiger partial charge in [0.05, 0.1) is 11.7 Å². The van der Waals surface area contributed by atoms with Crippen molar-refractivity contribution in [3.05, 3.63) is 46.0 Å². The van der Waals surface area contributed by atoms with Gasteiger partial charge in [-0.25, -0.2) is 0 Å². The van der Waals surface area contributed by atoms with Crippen molar-refractivity contribution in [1.82, 2.24) is 14.8 Å². The zero-order chi connectivity index (χ0) is 20.4. The van der Waals surface area contributed by atoms with Crippen LogP contribution >= 0.6 is 11.8 Å². The summed E-state index contributed by atoms with van der Waals surface area (Å²) < 4.78 is 6.32. The van der Waals surface area contributed by atoms with Crippen LogP contribution < -0.4 is 45.4 Å². The fraction of sp³-hybridized carbons (Fsp3) is 0.353. The summed E-state index contributed by atoms with van der Waals surface area (Å²) in [5.41, 5.74) is -0.241. The minimum Gasteiger partial charge on any atom is -0.543 e. The minimum absolute atomic E-state index is 0. The molecule has 1 N–H and O–H groups in total. The van der Waals surface area contributed by atoms with Crippen molar-refractivity contribution in [1.29, 1.82) is 0 Å². The smallest absolute Gasteiger partial charge is 0.543 e. The first-order valence-corrected chi connectivity index (χ1v) is 9.29. The zero-order valence-electron chi connectivity index (χ0n) is 15.7. The SMILES string of the molecule is CC(=O)OCC1=C(C(=O)[O-])N2C(=O)[C@@H](NC(=O)Cn3ccc(=O)cc3)[C@H]2SC1.[Na+]. The first-order chi connectivity index (χ1) is 13.3. The van der Waals surface area contributed by atoms with Gasteiger partial charge in [0.1, 0.15) is 24.6 Å². The molecule has 1 saturated heterocycles. The van der Waals surface area contributed by atoms with Crippen LogP contribution in [0.1, 0.15) is 6.92 Å². The number of fused-ring (bicyclic) bond motifs is 1. The Bertz CT molecular complexity index is 925. The van der Waals surface area contributed by atoms with Crippen LogP contribution in [0, 0.1) is 0 Å². The van der Waals surface area contributed by atoms with E-state index < -0.39 is 35.2 Å². The predicted molar refractivity (Wildman–Crippen MR) is 94.4 cm³/mol. The summed E-state index contributed by atoms with van der Waals surface area (Å²) in [6, 6.07) is 1.74. The van der Waals surface area contributed by atoms with Gasteiger partial charge < -0.3 is 24.5 Å². The number of nitrogens with zero attached hydrogens (tertiary/aromatic N) is 2. The fourth-order valence-corrected chi connectivity index (χ4v) is 4.23. The van der Waals surface area contributed by atoms with Gasteiger partial charge in [0.15, 0.2) is 5.43 Å². The summed E-state index contributed by atoms with van der Waals surface area (Å²) in [6.45, 7) is 0.856. The number of ether oxygens (including phenoxy) is 1. The molecule has 1 fully saturated rings. The van der Waals surface area contributed by atoms with Crippen molar-refractivity contribution in [3.8, 4) is 0 Å². The number of carbonyl (C=O) groups excluding carboxylic acids is 4. The monoisotopic (exact) mass is 429 g/mol. The molecule has 1 aromatic rings. The van der Waals surface area contributed by atoms with Gasteiger partial charge in [-0.15, -0.1) is 11.8 Å². The molecule has 0 saturated carbocycles. The van der Waals surface area contributed by atoms with E-state index in [-0.39, 0.29) is 65.2 Å². The molecule has 2 amide bonds. The van der Waals surface area contributed by atoms with E-state index in [1.807, 2.05) is 0 Å². The third-order valence-corrected chi connectivity index (χ3v) is 5.53. The molecule has 29 heavy (non-hydrogen) atoms. The van der Waals surface area contributed by atoms with Crippen molar-refractivity contribution >= 4 is 35.5 Å². The van der Waals surface area contributed by atoms with E-state index in [0.717, 1.165) is 4.90 Å². The number of rotatable bonds is 6. The van der Waals surface area contributed by atoms with E-state index >= 15 is 0 Å². The zero-order valence-corrected chi connectivity index (χ0v) is 18.6. The normalized spacial score (nSPS) is 20.2. The number of thioether (sulfide) groups is 1. The Balaban J connectivity index is 0.00000300. The number of carbonyl (C=O) groups is 4. The maximum absolute atomic E-state index is 12.4. The summed E-state index contributed by atoms with van der Waals surface area (Å²) in [5.74, 6) is -2.92. The van der Waals surface area contributed by atoms with E-state index in [2.05, 4.69) is 5.32 Å². The molecule has 3 rings (SSSR count). The van der Waals surface area contributed by atoms with Gasteiger partial charge in [-0.3, -0.25) is 24.1 Å². The van der Waals surface area contributed by atoms with E-state index in [1.54, 1.807) is 0 Å². The molecule has 0 radical (unpaired) electrons. The molecule has 1 aromatic heterocycles. The number of aliphatic carboxylic acids is 1. The van der Waals surface area contributed by atoms with Gasteiger partial charge in [0, 0.05) is 42.8 Å². The standard InChI is InChI=1S/C17H17N3O7S.Na/c1-9(21)27-7-10-8-28-16-13(15(24)20(16)14(10)17(25)26)18-12(23)6-19-4-2-11(22)3-5-19;/h2-5,13,16H,6-8H2,1H3,(H,18,23)(H,25,26);/q;+1/p-1/t13-,16-;/m1./s1. The molecule has 3 heterocycles. The molecule has 0 bridgehead atoms. The number of nitrogens with one attached hydrogen (secondary N) is 1. The van der Waals surface area contributed by atoms with Crippen LogP contribution in [0.4, 0.5) is 0 Å². The molecule has 2 atom stereocenters. The molecule has 0 aliphatic carbocycles. The van der Waals surface area contributed by atoms with Crippen LogP contribution in [0.2, 0.25) is 0 Å².